The van der Waals surface area contributed by atoms with Crippen LogP contribution in [0.5, 0.6) is 5.75 Å². The Bertz CT molecular complexity index is 424. The van der Waals surface area contributed by atoms with Crippen molar-refractivity contribution in [1.82, 2.24) is 0 Å². The molecule has 1 rings (SSSR count). The van der Waals surface area contributed by atoms with Crippen LogP contribution in [-0.2, 0) is 15.9 Å². The number of aliphatic carboxylic acids is 1. The molecule has 94 valence electrons. The molecule has 0 saturated carbocycles. The quantitative estimate of drug-likeness (QED) is 0.786. The van der Waals surface area contributed by atoms with Crippen molar-refractivity contribution in [1.29, 1.82) is 0 Å². The van der Waals surface area contributed by atoms with Crippen LogP contribution in [0.1, 0.15) is 13.8 Å². The molecule has 0 saturated heterocycles. The molecule has 0 fully saturated rings. The van der Waals surface area contributed by atoms with Gasteiger partial charge in [0.2, 0.25) is 0 Å². The van der Waals surface area contributed by atoms with Gasteiger partial charge in [-0.1, -0.05) is 0 Å². The molecule has 0 radical (unpaired) electrons. The molecule has 1 atom stereocenters. The van der Waals surface area contributed by atoms with Crippen molar-refractivity contribution >= 4 is 17.0 Å². The number of hydrogen-bond acceptors (Lipinski definition) is 3. The maximum absolute atomic E-state index is 10.8. The zero-order chi connectivity index (χ0) is 13.1. The lowest BCUT2D eigenvalue weighted by Gasteiger charge is -2.19. The molecule has 0 heterocycles. The summed E-state index contributed by atoms with van der Waals surface area (Å²) >= 11 is -2.02. The van der Waals surface area contributed by atoms with Crippen molar-refractivity contribution in [3.63, 3.8) is 0 Å². The van der Waals surface area contributed by atoms with Crippen molar-refractivity contribution in [3.8, 4) is 5.75 Å². The van der Waals surface area contributed by atoms with Gasteiger partial charge >= 0.3 is 5.97 Å². The van der Waals surface area contributed by atoms with Crippen molar-refractivity contribution in [2.24, 2.45) is 5.41 Å². The fraction of sp³-hybridized carbons (Fsp3) is 0.364. The SMILES string of the molecule is CC(C)(COc1ccc(S(=O)O)cc1)C(=O)O. The zero-order valence-electron chi connectivity index (χ0n) is 9.54. The van der Waals surface area contributed by atoms with E-state index in [9.17, 15) is 9.00 Å². The number of carboxylic acids is 1. The van der Waals surface area contributed by atoms with E-state index in [1.54, 1.807) is 13.8 Å². The molecule has 6 heteroatoms. The Morgan fingerprint density at radius 1 is 1.35 bits per heavy atom. The number of rotatable bonds is 5. The van der Waals surface area contributed by atoms with E-state index < -0.39 is 22.5 Å². The first-order valence-electron chi connectivity index (χ1n) is 4.90. The van der Waals surface area contributed by atoms with Crippen molar-refractivity contribution < 1.29 is 23.4 Å². The highest BCUT2D eigenvalue weighted by Crippen LogP contribution is 2.19. The van der Waals surface area contributed by atoms with Crippen LogP contribution in [0.4, 0.5) is 0 Å². The topological polar surface area (TPSA) is 83.8 Å². The van der Waals surface area contributed by atoms with Crippen LogP contribution < -0.4 is 4.74 Å². The van der Waals surface area contributed by atoms with Crippen LogP contribution in [0.15, 0.2) is 29.2 Å². The molecule has 1 aromatic carbocycles. The lowest BCUT2D eigenvalue weighted by molar-refractivity contribution is -0.148. The summed E-state index contributed by atoms with van der Waals surface area (Å²) in [7, 11) is 0. The first-order chi connectivity index (χ1) is 7.83. The summed E-state index contributed by atoms with van der Waals surface area (Å²) in [6, 6.07) is 5.97. The fourth-order valence-electron chi connectivity index (χ4n) is 0.978. The van der Waals surface area contributed by atoms with Crippen molar-refractivity contribution in [3.05, 3.63) is 24.3 Å². The Hall–Kier alpha value is -1.40. The highest BCUT2D eigenvalue weighted by atomic mass is 32.2. The molecular formula is C11H14O5S. The summed E-state index contributed by atoms with van der Waals surface area (Å²) in [6.07, 6.45) is 0. The normalized spacial score (nSPS) is 13.1. The van der Waals surface area contributed by atoms with Gasteiger partial charge in [0, 0.05) is 0 Å². The maximum Gasteiger partial charge on any atom is 0.312 e. The van der Waals surface area contributed by atoms with E-state index in [4.69, 9.17) is 14.4 Å². The standard InChI is InChI=1S/C11H14O5S/c1-11(2,10(12)13)7-16-8-3-5-9(6-4-8)17(14)15/h3-6H,7H2,1-2H3,(H,12,13)(H,14,15). The molecule has 0 aliphatic heterocycles. The fourth-order valence-corrected chi connectivity index (χ4v) is 1.35. The average Bonchev–Trinajstić information content (AvgIpc) is 2.27. The smallest absolute Gasteiger partial charge is 0.312 e. The average molecular weight is 258 g/mol. The van der Waals surface area contributed by atoms with Crippen LogP contribution in [0.2, 0.25) is 0 Å². The Balaban J connectivity index is 2.65. The van der Waals surface area contributed by atoms with E-state index in [1.807, 2.05) is 0 Å². The predicted molar refractivity (Wildman–Crippen MR) is 62.4 cm³/mol. The zero-order valence-corrected chi connectivity index (χ0v) is 10.4. The molecule has 0 bridgehead atoms. The van der Waals surface area contributed by atoms with E-state index in [0.29, 0.717) is 5.75 Å². The molecule has 1 unspecified atom stereocenters. The highest BCUT2D eigenvalue weighted by molar-refractivity contribution is 7.79. The van der Waals surface area contributed by atoms with Gasteiger partial charge in [-0.2, -0.15) is 0 Å². The Morgan fingerprint density at radius 2 is 1.88 bits per heavy atom. The second kappa shape index (κ2) is 5.29. The molecule has 0 aliphatic rings. The summed E-state index contributed by atoms with van der Waals surface area (Å²) in [6.45, 7) is 3.16. The predicted octanol–water partition coefficient (Wildman–Crippen LogP) is 1.76. The van der Waals surface area contributed by atoms with Gasteiger partial charge in [0.25, 0.3) is 0 Å². The summed E-state index contributed by atoms with van der Waals surface area (Å²) in [5.41, 5.74) is -0.974. The third kappa shape index (κ3) is 3.83. The van der Waals surface area contributed by atoms with E-state index >= 15 is 0 Å². The van der Waals surface area contributed by atoms with Gasteiger partial charge in [0.1, 0.15) is 12.4 Å². The summed E-state index contributed by atoms with van der Waals surface area (Å²) < 4.78 is 24.8. The van der Waals surface area contributed by atoms with Crippen molar-refractivity contribution in [2.75, 3.05) is 6.61 Å². The Kier molecular flexibility index (Phi) is 4.25. The number of hydrogen-bond donors (Lipinski definition) is 2. The van der Waals surface area contributed by atoms with Gasteiger partial charge in [-0.3, -0.25) is 4.79 Å². The molecular weight excluding hydrogens is 244 g/mol. The molecule has 1 aromatic rings. The van der Waals surface area contributed by atoms with Crippen LogP contribution in [-0.4, -0.2) is 26.4 Å². The van der Waals surface area contributed by atoms with Gasteiger partial charge < -0.3 is 14.4 Å². The van der Waals surface area contributed by atoms with E-state index in [0.717, 1.165) is 0 Å². The number of carboxylic acid groups (broad SMARTS) is 1. The molecule has 0 amide bonds. The molecule has 0 spiro atoms. The van der Waals surface area contributed by atoms with Crippen molar-refractivity contribution in [2.45, 2.75) is 18.7 Å². The number of ether oxygens (including phenoxy) is 1. The second-order valence-corrected chi connectivity index (χ2v) is 5.17. The van der Waals surface area contributed by atoms with Gasteiger partial charge in [0.15, 0.2) is 11.1 Å². The summed E-state index contributed by atoms with van der Waals surface area (Å²) in [5.74, 6) is -0.473. The molecule has 0 aliphatic carbocycles. The monoisotopic (exact) mass is 258 g/mol. The van der Waals surface area contributed by atoms with Crippen LogP contribution in [0.3, 0.4) is 0 Å². The van der Waals surface area contributed by atoms with Gasteiger partial charge in [0.05, 0.1) is 10.3 Å². The third-order valence-corrected chi connectivity index (χ3v) is 2.88. The van der Waals surface area contributed by atoms with Crippen LogP contribution in [0, 0.1) is 5.41 Å². The minimum absolute atomic E-state index is 0.0316. The third-order valence-electron chi connectivity index (χ3n) is 2.20. The first kappa shape index (κ1) is 13.7. The van der Waals surface area contributed by atoms with E-state index in [2.05, 4.69) is 0 Å². The summed E-state index contributed by atoms with van der Waals surface area (Å²) in [4.78, 5) is 11.1. The lowest BCUT2D eigenvalue weighted by Crippen LogP contribution is -2.30. The maximum atomic E-state index is 10.8. The minimum atomic E-state index is -2.02. The summed E-state index contributed by atoms with van der Waals surface area (Å²) in [5, 5.41) is 8.88. The van der Waals surface area contributed by atoms with Gasteiger partial charge in [-0.15, -0.1) is 0 Å². The molecule has 0 aromatic heterocycles. The van der Waals surface area contributed by atoms with Crippen LogP contribution in [0.25, 0.3) is 0 Å². The highest BCUT2D eigenvalue weighted by Gasteiger charge is 2.28. The number of benzene rings is 1. The van der Waals surface area contributed by atoms with E-state index in [1.165, 1.54) is 24.3 Å². The largest absolute Gasteiger partial charge is 0.492 e. The molecule has 2 N–H and O–H groups in total. The number of carbonyl (C=O) groups is 1. The lowest BCUT2D eigenvalue weighted by atomic mass is 9.95. The molecule has 5 nitrogen and oxygen atoms in total. The van der Waals surface area contributed by atoms with Gasteiger partial charge in [-0.05, 0) is 38.1 Å². The van der Waals surface area contributed by atoms with Crippen LogP contribution >= 0.6 is 0 Å². The van der Waals surface area contributed by atoms with E-state index in [-0.39, 0.29) is 11.5 Å². The van der Waals surface area contributed by atoms with Gasteiger partial charge in [-0.25, -0.2) is 4.21 Å². The second-order valence-electron chi connectivity index (χ2n) is 4.20. The Labute approximate surface area is 102 Å². The Morgan fingerprint density at radius 3 is 2.29 bits per heavy atom. The molecule has 17 heavy (non-hydrogen) atoms. The minimum Gasteiger partial charge on any atom is -0.492 e. The first-order valence-corrected chi connectivity index (χ1v) is 6.01.